The van der Waals surface area contributed by atoms with Crippen LogP contribution in [0.4, 0.5) is 0 Å². The fraction of sp³-hybridized carbons (Fsp3) is 0.458. The fourth-order valence-electron chi connectivity index (χ4n) is 5.33. The standard InChI is InChI=1S/C24H28N2O3/c1-17-21(25-23(29-17)18-11-14-28-16-18)15-26-13-12-24(27,19-7-3-2-4-8-19)20-9-5-6-10-22(20)26/h2-4,7-8,11,14,16,20,22,27H,5-6,9-10,12-13,15H2,1H3/t20-,22+,24+/m1/s1. The van der Waals surface area contributed by atoms with Crippen molar-refractivity contribution in [3.8, 4) is 11.5 Å². The van der Waals surface area contributed by atoms with Crippen LogP contribution in [0.5, 0.6) is 0 Å². The molecule has 1 saturated heterocycles. The van der Waals surface area contributed by atoms with Gasteiger partial charge in [0, 0.05) is 25.0 Å². The summed E-state index contributed by atoms with van der Waals surface area (Å²) in [5.74, 6) is 1.73. The smallest absolute Gasteiger partial charge is 0.229 e. The minimum Gasteiger partial charge on any atom is -0.472 e. The molecule has 1 aliphatic heterocycles. The van der Waals surface area contributed by atoms with Crippen molar-refractivity contribution >= 4 is 0 Å². The maximum absolute atomic E-state index is 11.7. The number of fused-ring (bicyclic) bond motifs is 1. The van der Waals surface area contributed by atoms with Gasteiger partial charge in [-0.05, 0) is 37.8 Å². The fourth-order valence-corrected chi connectivity index (χ4v) is 5.33. The lowest BCUT2D eigenvalue weighted by molar-refractivity contribution is -0.123. The lowest BCUT2D eigenvalue weighted by atomic mass is 9.66. The molecule has 0 bridgehead atoms. The lowest BCUT2D eigenvalue weighted by Gasteiger charge is -2.52. The number of aromatic nitrogens is 1. The zero-order valence-electron chi connectivity index (χ0n) is 16.9. The number of piperidine rings is 1. The Morgan fingerprint density at radius 2 is 2.00 bits per heavy atom. The third-order valence-corrected chi connectivity index (χ3v) is 6.88. The Morgan fingerprint density at radius 3 is 2.79 bits per heavy atom. The molecule has 1 aliphatic carbocycles. The number of oxazole rings is 1. The van der Waals surface area contributed by atoms with E-state index in [0.29, 0.717) is 11.9 Å². The molecule has 0 spiro atoms. The molecule has 5 nitrogen and oxygen atoms in total. The molecule has 29 heavy (non-hydrogen) atoms. The molecule has 0 radical (unpaired) electrons. The van der Waals surface area contributed by atoms with Crippen molar-refractivity contribution in [2.75, 3.05) is 6.54 Å². The van der Waals surface area contributed by atoms with Gasteiger partial charge in [-0.25, -0.2) is 4.98 Å². The van der Waals surface area contributed by atoms with Crippen LogP contribution in [0.2, 0.25) is 0 Å². The van der Waals surface area contributed by atoms with Gasteiger partial charge in [0.05, 0.1) is 23.1 Å². The van der Waals surface area contributed by atoms with Crippen LogP contribution in [0.15, 0.2) is 57.8 Å². The Labute approximate surface area is 171 Å². The summed E-state index contributed by atoms with van der Waals surface area (Å²) >= 11 is 0. The molecule has 2 fully saturated rings. The molecular formula is C24H28N2O3. The van der Waals surface area contributed by atoms with Gasteiger partial charge < -0.3 is 13.9 Å². The molecule has 1 aromatic carbocycles. The van der Waals surface area contributed by atoms with Crippen molar-refractivity contribution < 1.29 is 13.9 Å². The maximum atomic E-state index is 11.7. The van der Waals surface area contributed by atoms with Crippen LogP contribution in [0.3, 0.4) is 0 Å². The second-order valence-corrected chi connectivity index (χ2v) is 8.50. The summed E-state index contributed by atoms with van der Waals surface area (Å²) in [7, 11) is 0. The first-order chi connectivity index (χ1) is 14.1. The van der Waals surface area contributed by atoms with Crippen LogP contribution in [0, 0.1) is 12.8 Å². The first-order valence-corrected chi connectivity index (χ1v) is 10.7. The van der Waals surface area contributed by atoms with E-state index in [4.69, 9.17) is 13.8 Å². The van der Waals surface area contributed by atoms with Crippen molar-refractivity contribution in [1.82, 2.24) is 9.88 Å². The largest absolute Gasteiger partial charge is 0.472 e. The molecule has 5 heteroatoms. The van der Waals surface area contributed by atoms with E-state index in [1.54, 1.807) is 12.5 Å². The Morgan fingerprint density at radius 1 is 1.17 bits per heavy atom. The van der Waals surface area contributed by atoms with E-state index >= 15 is 0 Å². The number of benzene rings is 1. The summed E-state index contributed by atoms with van der Waals surface area (Å²) in [6, 6.07) is 12.5. The topological polar surface area (TPSA) is 62.6 Å². The van der Waals surface area contributed by atoms with Gasteiger partial charge in [-0.2, -0.15) is 0 Å². The molecule has 0 unspecified atom stereocenters. The van der Waals surface area contributed by atoms with Gasteiger partial charge in [-0.1, -0.05) is 43.2 Å². The molecule has 1 N–H and O–H groups in total. The van der Waals surface area contributed by atoms with E-state index in [9.17, 15) is 5.11 Å². The van der Waals surface area contributed by atoms with Gasteiger partial charge in [0.2, 0.25) is 5.89 Å². The molecule has 152 valence electrons. The molecule has 2 aromatic heterocycles. The quantitative estimate of drug-likeness (QED) is 0.684. The molecule has 5 rings (SSSR count). The lowest BCUT2D eigenvalue weighted by Crippen LogP contribution is -2.57. The second kappa shape index (κ2) is 7.47. The second-order valence-electron chi connectivity index (χ2n) is 8.50. The maximum Gasteiger partial charge on any atom is 0.229 e. The average Bonchev–Trinajstić information content (AvgIpc) is 3.41. The number of likely N-dealkylation sites (tertiary alicyclic amines) is 1. The predicted octanol–water partition coefficient (Wildman–Crippen LogP) is 4.90. The summed E-state index contributed by atoms with van der Waals surface area (Å²) < 4.78 is 11.1. The number of hydrogen-bond donors (Lipinski definition) is 1. The number of nitrogens with zero attached hydrogens (tertiary/aromatic N) is 2. The monoisotopic (exact) mass is 392 g/mol. The van der Waals surface area contributed by atoms with E-state index in [1.807, 2.05) is 31.2 Å². The van der Waals surface area contributed by atoms with E-state index in [1.165, 1.54) is 12.8 Å². The van der Waals surface area contributed by atoms with E-state index in [-0.39, 0.29) is 5.92 Å². The van der Waals surface area contributed by atoms with Crippen molar-refractivity contribution in [2.24, 2.45) is 5.92 Å². The molecule has 3 heterocycles. The zero-order chi connectivity index (χ0) is 19.8. The Balaban J connectivity index is 1.40. The van der Waals surface area contributed by atoms with Crippen LogP contribution >= 0.6 is 0 Å². The molecule has 0 amide bonds. The SMILES string of the molecule is Cc1oc(-c2ccoc2)nc1CN1CC[C@](O)(c2ccccc2)[C@@H]2CCCC[C@@H]21. The van der Waals surface area contributed by atoms with Gasteiger partial charge in [-0.15, -0.1) is 0 Å². The third kappa shape index (κ3) is 3.32. The van der Waals surface area contributed by atoms with Gasteiger partial charge in [0.15, 0.2) is 0 Å². The van der Waals surface area contributed by atoms with Crippen LogP contribution in [-0.2, 0) is 12.1 Å². The summed E-state index contributed by atoms with van der Waals surface area (Å²) in [5, 5.41) is 11.7. The average molecular weight is 392 g/mol. The minimum absolute atomic E-state index is 0.257. The number of furan rings is 1. The Hall–Kier alpha value is -2.37. The first-order valence-electron chi connectivity index (χ1n) is 10.7. The molecule has 1 saturated carbocycles. The number of rotatable bonds is 4. The first kappa shape index (κ1) is 18.6. The van der Waals surface area contributed by atoms with Crippen LogP contribution in [0.1, 0.15) is 49.1 Å². The normalized spacial score (nSPS) is 27.7. The Bertz CT molecular complexity index is 950. The van der Waals surface area contributed by atoms with Crippen LogP contribution in [-0.4, -0.2) is 27.6 Å². The van der Waals surface area contributed by atoms with Gasteiger partial charge >= 0.3 is 0 Å². The predicted molar refractivity (Wildman–Crippen MR) is 110 cm³/mol. The van der Waals surface area contributed by atoms with Crippen LogP contribution in [0.25, 0.3) is 11.5 Å². The highest BCUT2D eigenvalue weighted by Crippen LogP contribution is 2.47. The van der Waals surface area contributed by atoms with E-state index in [2.05, 4.69) is 17.0 Å². The molecule has 3 aromatic rings. The molecule has 3 atom stereocenters. The van der Waals surface area contributed by atoms with Crippen LogP contribution < -0.4 is 0 Å². The van der Waals surface area contributed by atoms with Gasteiger partial charge in [0.25, 0.3) is 0 Å². The molecule has 2 aliphatic rings. The minimum atomic E-state index is -0.732. The number of aryl methyl sites for hydroxylation is 1. The summed E-state index contributed by atoms with van der Waals surface area (Å²) in [5.41, 5.74) is 2.18. The van der Waals surface area contributed by atoms with Crippen molar-refractivity contribution in [3.63, 3.8) is 0 Å². The summed E-state index contributed by atoms with van der Waals surface area (Å²) in [4.78, 5) is 7.27. The highest BCUT2D eigenvalue weighted by Gasteiger charge is 2.49. The van der Waals surface area contributed by atoms with Gasteiger partial charge in [0.1, 0.15) is 12.0 Å². The molecular weight excluding hydrogens is 364 g/mol. The highest BCUT2D eigenvalue weighted by molar-refractivity contribution is 5.51. The number of hydrogen-bond acceptors (Lipinski definition) is 5. The van der Waals surface area contributed by atoms with Crippen molar-refractivity contribution in [3.05, 3.63) is 65.9 Å². The van der Waals surface area contributed by atoms with Crippen molar-refractivity contribution in [2.45, 2.75) is 57.2 Å². The Kier molecular flexibility index (Phi) is 4.80. The number of aliphatic hydroxyl groups is 1. The zero-order valence-corrected chi connectivity index (χ0v) is 16.9. The van der Waals surface area contributed by atoms with E-state index in [0.717, 1.165) is 54.9 Å². The summed E-state index contributed by atoms with van der Waals surface area (Å²) in [6.07, 6.45) is 8.67. The third-order valence-electron chi connectivity index (χ3n) is 6.88. The highest BCUT2D eigenvalue weighted by atomic mass is 16.4. The summed E-state index contributed by atoms with van der Waals surface area (Å²) in [6.45, 7) is 3.60. The van der Waals surface area contributed by atoms with Gasteiger partial charge in [-0.3, -0.25) is 4.90 Å². The van der Waals surface area contributed by atoms with Crippen molar-refractivity contribution in [1.29, 1.82) is 0 Å². The van der Waals surface area contributed by atoms with E-state index < -0.39 is 5.60 Å².